The van der Waals surface area contributed by atoms with Gasteiger partial charge in [0.15, 0.2) is 5.82 Å². The number of carbonyl (C=O) groups is 1. The van der Waals surface area contributed by atoms with Crippen molar-refractivity contribution in [3.05, 3.63) is 36.2 Å². The highest BCUT2D eigenvalue weighted by atomic mass is 16.1. The Labute approximate surface area is 92.1 Å². The summed E-state index contributed by atoms with van der Waals surface area (Å²) in [6.07, 6.45) is 1.64. The van der Waals surface area contributed by atoms with Gasteiger partial charge in [-0.05, 0) is 18.2 Å². The summed E-state index contributed by atoms with van der Waals surface area (Å²) >= 11 is 0. The quantitative estimate of drug-likeness (QED) is 0.779. The molecule has 0 bridgehead atoms. The summed E-state index contributed by atoms with van der Waals surface area (Å²) in [7, 11) is 1.78. The molecular weight excluding hydrogens is 206 g/mol. The minimum absolute atomic E-state index is 0.219. The minimum atomic E-state index is -0.552. The van der Waals surface area contributed by atoms with Gasteiger partial charge in [0.25, 0.3) is 5.91 Å². The van der Waals surface area contributed by atoms with Crippen LogP contribution in [0, 0.1) is 0 Å². The van der Waals surface area contributed by atoms with E-state index in [4.69, 9.17) is 5.73 Å². The first-order chi connectivity index (χ1) is 7.70. The van der Waals surface area contributed by atoms with E-state index in [1.165, 1.54) is 4.68 Å². The van der Waals surface area contributed by atoms with Gasteiger partial charge in [-0.15, -0.1) is 0 Å². The van der Waals surface area contributed by atoms with Crippen LogP contribution in [0.3, 0.4) is 0 Å². The molecular formula is C10H11N5O. The van der Waals surface area contributed by atoms with E-state index in [0.717, 1.165) is 5.82 Å². The molecule has 3 N–H and O–H groups in total. The third kappa shape index (κ3) is 1.85. The van der Waals surface area contributed by atoms with Crippen molar-refractivity contribution in [1.82, 2.24) is 14.8 Å². The summed E-state index contributed by atoms with van der Waals surface area (Å²) in [6, 6.07) is 7.02. The zero-order chi connectivity index (χ0) is 11.5. The molecule has 6 heteroatoms. The molecule has 0 aliphatic carbocycles. The summed E-state index contributed by atoms with van der Waals surface area (Å²) < 4.78 is 1.50. The number of nitrogens with one attached hydrogen (secondary N) is 1. The van der Waals surface area contributed by atoms with Crippen LogP contribution >= 0.6 is 0 Å². The highest BCUT2D eigenvalue weighted by Gasteiger charge is 2.06. The van der Waals surface area contributed by atoms with Gasteiger partial charge in [0, 0.05) is 13.2 Å². The van der Waals surface area contributed by atoms with E-state index in [1.807, 2.05) is 12.1 Å². The maximum Gasteiger partial charge on any atom is 0.269 e. The van der Waals surface area contributed by atoms with E-state index >= 15 is 0 Å². The van der Waals surface area contributed by atoms with Gasteiger partial charge in [0.2, 0.25) is 0 Å². The fourth-order valence-corrected chi connectivity index (χ4v) is 1.27. The van der Waals surface area contributed by atoms with Gasteiger partial charge in [-0.2, -0.15) is 5.10 Å². The van der Waals surface area contributed by atoms with E-state index in [1.54, 1.807) is 25.4 Å². The number of aromatic nitrogens is 3. The van der Waals surface area contributed by atoms with Gasteiger partial charge in [0.05, 0.1) is 0 Å². The summed E-state index contributed by atoms with van der Waals surface area (Å²) in [4.78, 5) is 15.2. The molecule has 0 saturated carbocycles. The minimum Gasteiger partial charge on any atom is -0.373 e. The average molecular weight is 217 g/mol. The Hall–Kier alpha value is -2.37. The molecule has 1 amide bonds. The van der Waals surface area contributed by atoms with Crippen LogP contribution in [0.4, 0.5) is 5.82 Å². The van der Waals surface area contributed by atoms with Crippen molar-refractivity contribution < 1.29 is 4.79 Å². The molecule has 82 valence electrons. The molecule has 2 heterocycles. The Balaban J connectivity index is 2.38. The van der Waals surface area contributed by atoms with Crippen LogP contribution in [0.5, 0.6) is 0 Å². The van der Waals surface area contributed by atoms with Crippen molar-refractivity contribution in [2.45, 2.75) is 0 Å². The lowest BCUT2D eigenvalue weighted by Gasteiger charge is -2.02. The van der Waals surface area contributed by atoms with Gasteiger partial charge < -0.3 is 11.1 Å². The largest absolute Gasteiger partial charge is 0.373 e. The molecule has 0 spiro atoms. The second kappa shape index (κ2) is 4.01. The predicted octanol–water partition coefficient (Wildman–Crippen LogP) is 0.408. The van der Waals surface area contributed by atoms with Crippen molar-refractivity contribution in [1.29, 1.82) is 0 Å². The topological polar surface area (TPSA) is 85.8 Å². The van der Waals surface area contributed by atoms with Crippen LogP contribution in [0.25, 0.3) is 5.82 Å². The van der Waals surface area contributed by atoms with Crippen LogP contribution in [0.1, 0.15) is 10.5 Å². The molecule has 0 radical (unpaired) electrons. The maximum absolute atomic E-state index is 10.9. The number of amides is 1. The van der Waals surface area contributed by atoms with Crippen LogP contribution in [0.2, 0.25) is 0 Å². The zero-order valence-corrected chi connectivity index (χ0v) is 8.71. The predicted molar refractivity (Wildman–Crippen MR) is 59.4 cm³/mol. The number of primary amides is 1. The fourth-order valence-electron chi connectivity index (χ4n) is 1.27. The molecule has 2 aromatic heterocycles. The van der Waals surface area contributed by atoms with Gasteiger partial charge >= 0.3 is 0 Å². The molecule has 2 rings (SSSR count). The molecule has 0 atom stereocenters. The lowest BCUT2D eigenvalue weighted by atomic mass is 10.4. The second-order valence-electron chi connectivity index (χ2n) is 3.14. The molecule has 6 nitrogen and oxygen atoms in total. The number of nitrogens with zero attached hydrogens (tertiary/aromatic N) is 3. The third-order valence-corrected chi connectivity index (χ3v) is 2.07. The first kappa shape index (κ1) is 10.2. The van der Waals surface area contributed by atoms with Gasteiger partial charge in [-0.3, -0.25) is 4.79 Å². The molecule has 16 heavy (non-hydrogen) atoms. The fraction of sp³-hybridized carbons (Fsp3) is 0.100. The van der Waals surface area contributed by atoms with Crippen LogP contribution in [0.15, 0.2) is 30.5 Å². The molecule has 0 fully saturated rings. The summed E-state index contributed by atoms with van der Waals surface area (Å²) in [5, 5.41) is 6.93. The van der Waals surface area contributed by atoms with Crippen LogP contribution in [-0.4, -0.2) is 27.7 Å². The normalized spacial score (nSPS) is 10.1. The monoisotopic (exact) mass is 217 g/mol. The molecule has 0 unspecified atom stereocenters. The van der Waals surface area contributed by atoms with E-state index in [2.05, 4.69) is 15.4 Å². The maximum atomic E-state index is 10.9. The average Bonchev–Trinajstić information content (AvgIpc) is 2.78. The number of pyridine rings is 1. The van der Waals surface area contributed by atoms with Crippen molar-refractivity contribution >= 4 is 11.7 Å². The molecule has 2 aromatic rings. The highest BCUT2D eigenvalue weighted by molar-refractivity contribution is 5.90. The number of rotatable bonds is 3. The first-order valence-corrected chi connectivity index (χ1v) is 4.71. The van der Waals surface area contributed by atoms with Crippen molar-refractivity contribution in [3.8, 4) is 5.82 Å². The van der Waals surface area contributed by atoms with E-state index in [-0.39, 0.29) is 5.69 Å². The smallest absolute Gasteiger partial charge is 0.269 e. The van der Waals surface area contributed by atoms with Gasteiger partial charge in [-0.25, -0.2) is 9.67 Å². The molecule has 0 aliphatic heterocycles. The molecule has 0 aromatic carbocycles. The number of carbonyl (C=O) groups excluding carboxylic acids is 1. The van der Waals surface area contributed by atoms with E-state index in [0.29, 0.717) is 5.82 Å². The second-order valence-corrected chi connectivity index (χ2v) is 3.14. The van der Waals surface area contributed by atoms with E-state index < -0.39 is 5.91 Å². The summed E-state index contributed by atoms with van der Waals surface area (Å²) in [5.41, 5.74) is 5.33. The lowest BCUT2D eigenvalue weighted by Crippen LogP contribution is -2.12. The summed E-state index contributed by atoms with van der Waals surface area (Å²) in [6.45, 7) is 0. The lowest BCUT2D eigenvalue weighted by molar-refractivity contribution is 0.0995. The number of nitrogens with two attached hydrogens (primary N) is 1. The van der Waals surface area contributed by atoms with Crippen molar-refractivity contribution in [2.24, 2.45) is 5.73 Å². The highest BCUT2D eigenvalue weighted by Crippen LogP contribution is 2.08. The van der Waals surface area contributed by atoms with E-state index in [9.17, 15) is 4.79 Å². The molecule has 0 aliphatic rings. The van der Waals surface area contributed by atoms with Gasteiger partial charge in [-0.1, -0.05) is 6.07 Å². The standard InChI is InChI=1S/C10H11N5O/c1-12-8-3-2-4-9(13-8)15-6-5-7(14-15)10(11)16/h2-6H,1H3,(H2,11,16)(H,12,13). The number of hydrogen-bond donors (Lipinski definition) is 2. The van der Waals surface area contributed by atoms with Gasteiger partial charge in [0.1, 0.15) is 11.5 Å². The molecule has 0 saturated heterocycles. The number of anilines is 1. The first-order valence-electron chi connectivity index (χ1n) is 4.71. The summed E-state index contributed by atoms with van der Waals surface area (Å²) in [5.74, 6) is 0.802. The number of hydrogen-bond acceptors (Lipinski definition) is 4. The Kier molecular flexibility index (Phi) is 2.55. The van der Waals surface area contributed by atoms with Crippen LogP contribution < -0.4 is 11.1 Å². The SMILES string of the molecule is CNc1cccc(-n2ccc(C(N)=O)n2)n1. The Morgan fingerprint density at radius 3 is 2.88 bits per heavy atom. The van der Waals surface area contributed by atoms with Crippen molar-refractivity contribution in [2.75, 3.05) is 12.4 Å². The Morgan fingerprint density at radius 1 is 1.44 bits per heavy atom. The van der Waals surface area contributed by atoms with Crippen LogP contribution in [-0.2, 0) is 0 Å². The Morgan fingerprint density at radius 2 is 2.25 bits per heavy atom. The Bertz CT molecular complexity index is 519. The zero-order valence-electron chi connectivity index (χ0n) is 8.71. The third-order valence-electron chi connectivity index (χ3n) is 2.07. The van der Waals surface area contributed by atoms with Crippen molar-refractivity contribution in [3.63, 3.8) is 0 Å².